The number of methoxy groups -OCH3 is 1. The van der Waals surface area contributed by atoms with Crippen LogP contribution in [0.3, 0.4) is 0 Å². The van der Waals surface area contributed by atoms with Crippen LogP contribution in [0.25, 0.3) is 10.9 Å². The maximum Gasteiger partial charge on any atom is 0.227 e. The van der Waals surface area contributed by atoms with Gasteiger partial charge in [0.15, 0.2) is 0 Å². The van der Waals surface area contributed by atoms with Crippen LogP contribution in [-0.4, -0.2) is 60.5 Å². The van der Waals surface area contributed by atoms with Gasteiger partial charge < -0.3 is 19.5 Å². The summed E-state index contributed by atoms with van der Waals surface area (Å²) in [4.78, 5) is 20.6. The second-order valence-corrected chi connectivity index (χ2v) is 7.10. The SMILES string of the molecule is CCN1CCC(N(C)C(=O)Cc2c[nH]c3cccc(OC)c23)C(C)C1. The molecule has 3 rings (SSSR count). The minimum absolute atomic E-state index is 0.175. The molecule has 5 nitrogen and oxygen atoms in total. The molecule has 0 aliphatic carbocycles. The lowest BCUT2D eigenvalue weighted by molar-refractivity contribution is -0.133. The van der Waals surface area contributed by atoms with E-state index in [1.807, 2.05) is 36.3 Å². The van der Waals surface area contributed by atoms with Crippen LogP contribution in [0.2, 0.25) is 0 Å². The molecule has 1 aromatic carbocycles. The van der Waals surface area contributed by atoms with Gasteiger partial charge in [0.2, 0.25) is 5.91 Å². The van der Waals surface area contributed by atoms with Crippen molar-refractivity contribution in [2.45, 2.75) is 32.7 Å². The zero-order chi connectivity index (χ0) is 18.0. The molecule has 2 heterocycles. The zero-order valence-corrected chi connectivity index (χ0v) is 15.7. The van der Waals surface area contributed by atoms with Gasteiger partial charge in [0.1, 0.15) is 5.75 Å². The number of likely N-dealkylation sites (tertiary alicyclic amines) is 1. The number of fused-ring (bicyclic) bond motifs is 1. The van der Waals surface area contributed by atoms with Gasteiger partial charge in [-0.3, -0.25) is 4.79 Å². The highest BCUT2D eigenvalue weighted by Gasteiger charge is 2.30. The Kier molecular flexibility index (Phi) is 5.33. The number of amides is 1. The van der Waals surface area contributed by atoms with Crippen molar-refractivity contribution in [1.29, 1.82) is 0 Å². The third-order valence-electron chi connectivity index (χ3n) is 5.59. The summed E-state index contributed by atoms with van der Waals surface area (Å²) in [6.07, 6.45) is 3.38. The lowest BCUT2D eigenvalue weighted by Gasteiger charge is -2.41. The Balaban J connectivity index is 1.74. The van der Waals surface area contributed by atoms with Crippen LogP contribution in [0, 0.1) is 5.92 Å². The molecular formula is C20H29N3O2. The summed E-state index contributed by atoms with van der Waals surface area (Å²) >= 11 is 0. The van der Waals surface area contributed by atoms with Crippen molar-refractivity contribution in [3.8, 4) is 5.75 Å². The Morgan fingerprint density at radius 3 is 2.92 bits per heavy atom. The largest absolute Gasteiger partial charge is 0.496 e. The molecule has 1 N–H and O–H groups in total. The number of likely N-dealkylation sites (N-methyl/N-ethyl adjacent to an activating group) is 1. The molecule has 25 heavy (non-hydrogen) atoms. The van der Waals surface area contributed by atoms with Crippen molar-refractivity contribution in [2.24, 2.45) is 5.92 Å². The summed E-state index contributed by atoms with van der Waals surface area (Å²) in [5.41, 5.74) is 2.01. The van der Waals surface area contributed by atoms with E-state index in [9.17, 15) is 4.79 Å². The number of aromatic nitrogens is 1. The average molecular weight is 343 g/mol. The van der Waals surface area contributed by atoms with Gasteiger partial charge in [-0.1, -0.05) is 19.9 Å². The Hall–Kier alpha value is -2.01. The monoisotopic (exact) mass is 343 g/mol. The number of aromatic amines is 1. The minimum atomic E-state index is 0.175. The summed E-state index contributed by atoms with van der Waals surface area (Å²) in [5, 5.41) is 1.01. The van der Waals surface area contributed by atoms with E-state index >= 15 is 0 Å². The van der Waals surface area contributed by atoms with Crippen molar-refractivity contribution < 1.29 is 9.53 Å². The van der Waals surface area contributed by atoms with Crippen LogP contribution >= 0.6 is 0 Å². The number of piperidine rings is 1. The Labute approximate surface area is 149 Å². The molecule has 0 bridgehead atoms. The predicted molar refractivity (Wildman–Crippen MR) is 101 cm³/mol. The van der Waals surface area contributed by atoms with E-state index in [0.29, 0.717) is 18.4 Å². The molecule has 1 aliphatic heterocycles. The van der Waals surface area contributed by atoms with Gasteiger partial charge in [0.05, 0.1) is 13.5 Å². The lowest BCUT2D eigenvalue weighted by Crippen LogP contribution is -2.50. The number of rotatable bonds is 5. The number of nitrogens with zero attached hydrogens (tertiary/aromatic N) is 2. The molecule has 0 radical (unpaired) electrons. The first-order valence-electron chi connectivity index (χ1n) is 9.16. The first-order chi connectivity index (χ1) is 12.0. The second-order valence-electron chi connectivity index (χ2n) is 7.10. The number of hydrogen-bond donors (Lipinski definition) is 1. The summed E-state index contributed by atoms with van der Waals surface area (Å²) in [6, 6.07) is 6.23. The fourth-order valence-corrected chi connectivity index (χ4v) is 4.08. The van der Waals surface area contributed by atoms with Gasteiger partial charge in [0, 0.05) is 43.3 Å². The van der Waals surface area contributed by atoms with E-state index in [1.165, 1.54) is 0 Å². The smallest absolute Gasteiger partial charge is 0.227 e. The number of carbonyl (C=O) groups excluding carboxylic acids is 1. The number of nitrogens with one attached hydrogen (secondary N) is 1. The lowest BCUT2D eigenvalue weighted by atomic mass is 9.92. The third kappa shape index (κ3) is 3.52. The summed E-state index contributed by atoms with van der Waals surface area (Å²) in [6.45, 7) is 7.69. The molecule has 136 valence electrons. The van der Waals surface area contributed by atoms with Crippen molar-refractivity contribution in [2.75, 3.05) is 33.8 Å². The fourth-order valence-electron chi connectivity index (χ4n) is 4.08. The van der Waals surface area contributed by atoms with E-state index < -0.39 is 0 Å². The van der Waals surface area contributed by atoms with Gasteiger partial charge in [0.25, 0.3) is 0 Å². The van der Waals surface area contributed by atoms with Crippen LogP contribution in [0.1, 0.15) is 25.8 Å². The number of ether oxygens (including phenoxy) is 1. The molecule has 1 saturated heterocycles. The maximum atomic E-state index is 12.9. The molecule has 5 heteroatoms. The van der Waals surface area contributed by atoms with Crippen LogP contribution in [0.15, 0.2) is 24.4 Å². The predicted octanol–water partition coefficient (Wildman–Crippen LogP) is 2.91. The molecule has 0 saturated carbocycles. The van der Waals surface area contributed by atoms with Crippen LogP contribution in [0.4, 0.5) is 0 Å². The summed E-state index contributed by atoms with van der Waals surface area (Å²) in [7, 11) is 3.62. The van der Waals surface area contributed by atoms with Gasteiger partial charge in [-0.15, -0.1) is 0 Å². The molecule has 1 aliphatic rings. The zero-order valence-electron chi connectivity index (χ0n) is 15.7. The maximum absolute atomic E-state index is 12.9. The molecule has 1 fully saturated rings. The highest BCUT2D eigenvalue weighted by Crippen LogP contribution is 2.29. The molecule has 1 aromatic heterocycles. The number of benzene rings is 1. The molecule has 0 spiro atoms. The molecule has 1 amide bonds. The quantitative estimate of drug-likeness (QED) is 0.908. The van der Waals surface area contributed by atoms with Gasteiger partial charge >= 0.3 is 0 Å². The highest BCUT2D eigenvalue weighted by molar-refractivity contribution is 5.93. The molecule has 2 unspecified atom stereocenters. The molecule has 2 atom stereocenters. The number of carbonyl (C=O) groups is 1. The second kappa shape index (κ2) is 7.48. The van der Waals surface area contributed by atoms with Crippen LogP contribution in [-0.2, 0) is 11.2 Å². The molecule has 2 aromatic rings. The standard InChI is InChI=1S/C20H29N3O2/c1-5-23-10-9-17(14(2)13-23)22(3)19(24)11-15-12-21-16-7-6-8-18(25-4)20(15)16/h6-8,12,14,17,21H,5,9-11,13H2,1-4H3. The Morgan fingerprint density at radius 1 is 1.44 bits per heavy atom. The normalized spacial score (nSPS) is 21.4. The molecular weight excluding hydrogens is 314 g/mol. The third-order valence-corrected chi connectivity index (χ3v) is 5.59. The van der Waals surface area contributed by atoms with Gasteiger partial charge in [-0.05, 0) is 36.6 Å². The number of hydrogen-bond acceptors (Lipinski definition) is 3. The van der Waals surface area contributed by atoms with Gasteiger partial charge in [-0.25, -0.2) is 0 Å². The van der Waals surface area contributed by atoms with Crippen LogP contribution < -0.4 is 4.74 Å². The first kappa shape index (κ1) is 17.8. The topological polar surface area (TPSA) is 48.6 Å². The van der Waals surface area contributed by atoms with Crippen molar-refractivity contribution >= 4 is 16.8 Å². The van der Waals surface area contributed by atoms with Crippen molar-refractivity contribution in [3.05, 3.63) is 30.0 Å². The Morgan fingerprint density at radius 2 is 2.24 bits per heavy atom. The van der Waals surface area contributed by atoms with Gasteiger partial charge in [-0.2, -0.15) is 0 Å². The fraction of sp³-hybridized carbons (Fsp3) is 0.550. The number of H-pyrrole nitrogens is 1. The highest BCUT2D eigenvalue weighted by atomic mass is 16.5. The first-order valence-corrected chi connectivity index (χ1v) is 9.16. The van der Waals surface area contributed by atoms with E-state index in [2.05, 4.69) is 23.7 Å². The van der Waals surface area contributed by atoms with E-state index in [0.717, 1.165) is 48.3 Å². The van der Waals surface area contributed by atoms with Crippen molar-refractivity contribution in [1.82, 2.24) is 14.8 Å². The summed E-state index contributed by atoms with van der Waals surface area (Å²) < 4.78 is 5.48. The minimum Gasteiger partial charge on any atom is -0.496 e. The Bertz CT molecular complexity index is 740. The van der Waals surface area contributed by atoms with E-state index in [1.54, 1.807) is 7.11 Å². The van der Waals surface area contributed by atoms with Crippen molar-refractivity contribution in [3.63, 3.8) is 0 Å². The average Bonchev–Trinajstić information content (AvgIpc) is 3.04. The van der Waals surface area contributed by atoms with E-state index in [4.69, 9.17) is 4.74 Å². The van der Waals surface area contributed by atoms with Crippen LogP contribution in [0.5, 0.6) is 5.75 Å². The summed E-state index contributed by atoms with van der Waals surface area (Å²) in [5.74, 6) is 1.49. The van der Waals surface area contributed by atoms with E-state index in [-0.39, 0.29) is 5.91 Å².